The summed E-state index contributed by atoms with van der Waals surface area (Å²) in [5, 5.41) is 16.2. The van der Waals surface area contributed by atoms with Gasteiger partial charge in [-0.05, 0) is 30.7 Å². The molecule has 3 atom stereocenters. The fraction of sp³-hybridized carbons (Fsp3) is 0.478. The fourth-order valence-electron chi connectivity index (χ4n) is 3.93. The molecule has 2 aromatic rings. The first-order valence-electron chi connectivity index (χ1n) is 11.2. The van der Waals surface area contributed by atoms with Crippen LogP contribution in [0.3, 0.4) is 0 Å². The normalized spacial score (nSPS) is 23.7. The largest absolute Gasteiger partial charge is 0.486 e. The van der Waals surface area contributed by atoms with E-state index in [9.17, 15) is 4.79 Å². The minimum absolute atomic E-state index is 0.0836. The standard InChI is InChI=1S/C23H26N4O7/c1-13-25-16(17-8-21(34-27-17)22-12-32-15(10-28)11-33-22)7-18(26-13)23(29)24-9-14-2-3-19-20(6-14)31-5-4-30-19/h2-3,6-7,15,21-22,28H,4-5,8-12H2,1H3,(H,24,29). The second kappa shape index (κ2) is 9.92. The van der Waals surface area contributed by atoms with Crippen molar-refractivity contribution in [1.82, 2.24) is 15.3 Å². The van der Waals surface area contributed by atoms with Crippen molar-refractivity contribution >= 4 is 11.6 Å². The Morgan fingerprint density at radius 1 is 1.09 bits per heavy atom. The van der Waals surface area contributed by atoms with Crippen LogP contribution in [0.1, 0.15) is 34.0 Å². The molecular formula is C23H26N4O7. The summed E-state index contributed by atoms with van der Waals surface area (Å²) in [4.78, 5) is 27.1. The molecule has 2 N–H and O–H groups in total. The topological polar surface area (TPSA) is 134 Å². The van der Waals surface area contributed by atoms with E-state index >= 15 is 0 Å². The van der Waals surface area contributed by atoms with Crippen LogP contribution in [0.5, 0.6) is 11.5 Å². The second-order valence-corrected chi connectivity index (χ2v) is 8.24. The van der Waals surface area contributed by atoms with Gasteiger partial charge in [-0.1, -0.05) is 11.2 Å². The quantitative estimate of drug-likeness (QED) is 0.627. The average Bonchev–Trinajstić information content (AvgIpc) is 3.37. The van der Waals surface area contributed by atoms with Crippen molar-refractivity contribution in [2.45, 2.75) is 38.2 Å². The predicted octanol–water partition coefficient (Wildman–Crippen LogP) is 0.756. The number of fused-ring (bicyclic) bond motifs is 1. The summed E-state index contributed by atoms with van der Waals surface area (Å²) in [6.45, 7) is 3.60. The van der Waals surface area contributed by atoms with Crippen LogP contribution < -0.4 is 14.8 Å². The van der Waals surface area contributed by atoms with Crippen LogP contribution in [0.15, 0.2) is 29.4 Å². The van der Waals surface area contributed by atoms with E-state index in [0.29, 0.717) is 68.1 Å². The number of nitrogens with zero attached hydrogens (tertiary/aromatic N) is 3. The van der Waals surface area contributed by atoms with Gasteiger partial charge in [-0.15, -0.1) is 0 Å². The van der Waals surface area contributed by atoms with Crippen LogP contribution in [0.4, 0.5) is 0 Å². The maximum atomic E-state index is 12.8. The number of rotatable bonds is 6. The Morgan fingerprint density at radius 3 is 2.74 bits per heavy atom. The molecular weight excluding hydrogens is 444 g/mol. The fourth-order valence-corrected chi connectivity index (χ4v) is 3.93. The number of aliphatic hydroxyl groups is 1. The van der Waals surface area contributed by atoms with Gasteiger partial charge in [0.25, 0.3) is 5.91 Å². The van der Waals surface area contributed by atoms with Gasteiger partial charge in [0.15, 0.2) is 17.6 Å². The smallest absolute Gasteiger partial charge is 0.270 e. The van der Waals surface area contributed by atoms with Gasteiger partial charge in [-0.2, -0.15) is 0 Å². The maximum absolute atomic E-state index is 12.8. The average molecular weight is 470 g/mol. The lowest BCUT2D eigenvalue weighted by Crippen LogP contribution is -2.43. The van der Waals surface area contributed by atoms with E-state index in [-0.39, 0.29) is 36.5 Å². The molecule has 1 amide bonds. The molecule has 1 fully saturated rings. The van der Waals surface area contributed by atoms with Gasteiger partial charge < -0.3 is 34.2 Å². The van der Waals surface area contributed by atoms with Crippen LogP contribution in [0, 0.1) is 6.92 Å². The van der Waals surface area contributed by atoms with Crippen LogP contribution in [0.25, 0.3) is 0 Å². The number of carbonyl (C=O) groups is 1. The zero-order valence-corrected chi connectivity index (χ0v) is 18.7. The lowest BCUT2D eigenvalue weighted by atomic mass is 10.0. The molecule has 0 bridgehead atoms. The third-order valence-corrected chi connectivity index (χ3v) is 5.73. The lowest BCUT2D eigenvalue weighted by Gasteiger charge is -2.30. The van der Waals surface area contributed by atoms with Crippen molar-refractivity contribution in [3.8, 4) is 11.5 Å². The number of oxime groups is 1. The maximum Gasteiger partial charge on any atom is 0.270 e. The number of carbonyl (C=O) groups excluding carboxylic acids is 1. The number of hydrogen-bond donors (Lipinski definition) is 2. The van der Waals surface area contributed by atoms with Crippen LogP contribution in [-0.2, 0) is 20.9 Å². The third kappa shape index (κ3) is 4.96. The van der Waals surface area contributed by atoms with Crippen molar-refractivity contribution in [2.24, 2.45) is 5.16 Å². The van der Waals surface area contributed by atoms with Crippen molar-refractivity contribution in [1.29, 1.82) is 0 Å². The molecule has 11 heteroatoms. The van der Waals surface area contributed by atoms with E-state index in [1.807, 2.05) is 18.2 Å². The number of ether oxygens (including phenoxy) is 4. The minimum atomic E-state index is -0.322. The van der Waals surface area contributed by atoms with Gasteiger partial charge in [0, 0.05) is 13.0 Å². The molecule has 1 aromatic heterocycles. The van der Waals surface area contributed by atoms with E-state index in [4.69, 9.17) is 28.9 Å². The Morgan fingerprint density at radius 2 is 1.94 bits per heavy atom. The molecule has 3 aliphatic rings. The van der Waals surface area contributed by atoms with Gasteiger partial charge in [0.1, 0.15) is 42.7 Å². The highest BCUT2D eigenvalue weighted by molar-refractivity contribution is 6.02. The Labute approximate surface area is 196 Å². The van der Waals surface area contributed by atoms with Crippen LogP contribution >= 0.6 is 0 Å². The van der Waals surface area contributed by atoms with Crippen LogP contribution in [0.2, 0.25) is 0 Å². The molecule has 34 heavy (non-hydrogen) atoms. The summed E-state index contributed by atoms with van der Waals surface area (Å²) in [7, 11) is 0. The third-order valence-electron chi connectivity index (χ3n) is 5.73. The molecule has 0 spiro atoms. The summed E-state index contributed by atoms with van der Waals surface area (Å²) in [5.41, 5.74) is 2.28. The Bertz CT molecular complexity index is 1080. The molecule has 0 saturated carbocycles. The van der Waals surface area contributed by atoms with Gasteiger partial charge in [-0.25, -0.2) is 9.97 Å². The highest BCUT2D eigenvalue weighted by atomic mass is 16.7. The number of amides is 1. The lowest BCUT2D eigenvalue weighted by molar-refractivity contribution is -0.178. The zero-order valence-electron chi connectivity index (χ0n) is 18.7. The van der Waals surface area contributed by atoms with Crippen LogP contribution in [-0.4, -0.2) is 78.0 Å². The number of hydrogen-bond acceptors (Lipinski definition) is 10. The van der Waals surface area contributed by atoms with Crippen molar-refractivity contribution in [3.05, 3.63) is 47.0 Å². The summed E-state index contributed by atoms with van der Waals surface area (Å²) < 4.78 is 22.4. The number of aromatic nitrogens is 2. The minimum Gasteiger partial charge on any atom is -0.486 e. The molecule has 11 nitrogen and oxygen atoms in total. The zero-order chi connectivity index (χ0) is 23.5. The molecule has 3 aliphatic heterocycles. The highest BCUT2D eigenvalue weighted by Crippen LogP contribution is 2.30. The Hall–Kier alpha value is -3.28. The Kier molecular flexibility index (Phi) is 6.57. The molecule has 4 heterocycles. The van der Waals surface area contributed by atoms with E-state index < -0.39 is 0 Å². The molecule has 5 rings (SSSR count). The van der Waals surface area contributed by atoms with Gasteiger partial charge in [0.2, 0.25) is 0 Å². The van der Waals surface area contributed by atoms with E-state index in [1.54, 1.807) is 13.0 Å². The molecule has 3 unspecified atom stereocenters. The highest BCUT2D eigenvalue weighted by Gasteiger charge is 2.35. The summed E-state index contributed by atoms with van der Waals surface area (Å²) in [6.07, 6.45) is -0.462. The first-order chi connectivity index (χ1) is 16.6. The monoisotopic (exact) mass is 470 g/mol. The van der Waals surface area contributed by atoms with Gasteiger partial charge >= 0.3 is 0 Å². The molecule has 0 aliphatic carbocycles. The number of aliphatic hydroxyl groups excluding tert-OH is 1. The van der Waals surface area contributed by atoms with Crippen molar-refractivity contribution in [3.63, 3.8) is 0 Å². The first kappa shape index (κ1) is 22.5. The van der Waals surface area contributed by atoms with Crippen molar-refractivity contribution in [2.75, 3.05) is 33.0 Å². The summed E-state index contributed by atoms with van der Waals surface area (Å²) in [5.74, 6) is 1.51. The second-order valence-electron chi connectivity index (χ2n) is 8.24. The van der Waals surface area contributed by atoms with E-state index in [0.717, 1.165) is 5.56 Å². The molecule has 180 valence electrons. The number of benzene rings is 1. The number of aryl methyl sites for hydroxylation is 1. The van der Waals surface area contributed by atoms with Gasteiger partial charge in [0.05, 0.1) is 25.5 Å². The summed E-state index contributed by atoms with van der Waals surface area (Å²) >= 11 is 0. The van der Waals surface area contributed by atoms with E-state index in [2.05, 4.69) is 20.4 Å². The van der Waals surface area contributed by atoms with Gasteiger partial charge in [-0.3, -0.25) is 4.79 Å². The summed E-state index contributed by atoms with van der Waals surface area (Å²) in [6, 6.07) is 7.18. The SMILES string of the molecule is Cc1nc(C(=O)NCc2ccc3c(c2)OCCO3)cc(C2=NOC(C3COC(CO)CO3)C2)n1. The van der Waals surface area contributed by atoms with E-state index in [1.165, 1.54) is 0 Å². The molecule has 1 saturated heterocycles. The van der Waals surface area contributed by atoms with Crippen molar-refractivity contribution < 1.29 is 33.7 Å². The first-order valence-corrected chi connectivity index (χ1v) is 11.2. The molecule has 1 aromatic carbocycles. The number of nitrogens with one attached hydrogen (secondary N) is 1. The molecule has 0 radical (unpaired) electrons. The predicted molar refractivity (Wildman–Crippen MR) is 118 cm³/mol. The Balaban J connectivity index is 1.21.